The largest absolute Gasteiger partial charge is 0.271 e. The van der Waals surface area contributed by atoms with E-state index in [2.05, 4.69) is 22.7 Å². The second-order valence-corrected chi connectivity index (χ2v) is 3.24. The molecule has 0 spiro atoms. The van der Waals surface area contributed by atoms with Crippen molar-refractivity contribution < 1.29 is 0 Å². The van der Waals surface area contributed by atoms with Crippen molar-refractivity contribution >= 4 is 0 Å². The van der Waals surface area contributed by atoms with E-state index in [0.717, 1.165) is 25.0 Å². The van der Waals surface area contributed by atoms with Gasteiger partial charge in [0.1, 0.15) is 0 Å². The molecule has 0 aliphatic rings. The lowest BCUT2D eigenvalue weighted by molar-refractivity contribution is 0.481. The first-order valence-electron chi connectivity index (χ1n) is 4.57. The van der Waals surface area contributed by atoms with Crippen molar-refractivity contribution in [3.8, 4) is 0 Å². The Kier molecular flexibility index (Phi) is 3.85. The van der Waals surface area contributed by atoms with Crippen molar-refractivity contribution in [1.82, 2.24) is 20.4 Å². The molecule has 5 nitrogen and oxygen atoms in total. The molecular formula is C8H17N5. The summed E-state index contributed by atoms with van der Waals surface area (Å²) < 4.78 is 1.70. The molecule has 3 N–H and O–H groups in total. The van der Waals surface area contributed by atoms with Crippen molar-refractivity contribution in [3.05, 3.63) is 11.9 Å². The fraction of sp³-hybridized carbons (Fsp3) is 0.750. The van der Waals surface area contributed by atoms with Crippen LogP contribution in [0.25, 0.3) is 0 Å². The molecule has 1 heterocycles. The van der Waals surface area contributed by atoms with Gasteiger partial charge >= 0.3 is 0 Å². The third-order valence-corrected chi connectivity index (χ3v) is 1.98. The van der Waals surface area contributed by atoms with Gasteiger partial charge in [-0.3, -0.25) is 16.0 Å². The molecule has 0 amide bonds. The molecule has 1 aromatic heterocycles. The molecule has 1 aromatic rings. The van der Waals surface area contributed by atoms with E-state index in [4.69, 9.17) is 5.84 Å². The zero-order chi connectivity index (χ0) is 9.68. The van der Waals surface area contributed by atoms with Gasteiger partial charge in [-0.15, -0.1) is 5.10 Å². The van der Waals surface area contributed by atoms with E-state index < -0.39 is 0 Å². The maximum absolute atomic E-state index is 5.41. The highest BCUT2D eigenvalue weighted by molar-refractivity contribution is 4.95. The van der Waals surface area contributed by atoms with Gasteiger partial charge in [-0.2, -0.15) is 0 Å². The highest BCUT2D eigenvalue weighted by Gasteiger charge is 2.08. The van der Waals surface area contributed by atoms with Crippen LogP contribution in [0, 0.1) is 0 Å². The van der Waals surface area contributed by atoms with Crippen LogP contribution in [0.2, 0.25) is 0 Å². The van der Waals surface area contributed by atoms with E-state index >= 15 is 0 Å². The zero-order valence-corrected chi connectivity index (χ0v) is 8.20. The summed E-state index contributed by atoms with van der Waals surface area (Å²) in [6.45, 7) is 2.14. The minimum absolute atomic E-state index is 0.307. The highest BCUT2D eigenvalue weighted by atomic mass is 15.4. The van der Waals surface area contributed by atoms with Gasteiger partial charge in [-0.1, -0.05) is 18.6 Å². The molecule has 0 aromatic carbocycles. The average Bonchev–Trinajstić information content (AvgIpc) is 2.50. The van der Waals surface area contributed by atoms with Gasteiger partial charge in [-0.25, -0.2) is 0 Å². The van der Waals surface area contributed by atoms with Crippen LogP contribution >= 0.6 is 0 Å². The summed E-state index contributed by atoms with van der Waals surface area (Å²) >= 11 is 0. The minimum Gasteiger partial charge on any atom is -0.271 e. The van der Waals surface area contributed by atoms with Gasteiger partial charge in [0.15, 0.2) is 0 Å². The van der Waals surface area contributed by atoms with Crippen molar-refractivity contribution in [2.24, 2.45) is 12.9 Å². The highest BCUT2D eigenvalue weighted by Crippen LogP contribution is 2.03. The van der Waals surface area contributed by atoms with E-state index in [1.165, 1.54) is 0 Å². The normalized spacial score (nSPS) is 13.2. The molecule has 0 aliphatic carbocycles. The molecule has 0 fully saturated rings. The lowest BCUT2D eigenvalue weighted by Gasteiger charge is -2.12. The Morgan fingerprint density at radius 1 is 1.69 bits per heavy atom. The molecule has 13 heavy (non-hydrogen) atoms. The topological polar surface area (TPSA) is 68.8 Å². The Bertz CT molecular complexity index is 244. The fourth-order valence-electron chi connectivity index (χ4n) is 1.33. The van der Waals surface area contributed by atoms with Gasteiger partial charge in [0.2, 0.25) is 0 Å². The van der Waals surface area contributed by atoms with Crippen LogP contribution in [0.3, 0.4) is 0 Å². The fourth-order valence-corrected chi connectivity index (χ4v) is 1.33. The van der Waals surface area contributed by atoms with E-state index in [9.17, 15) is 0 Å². The Morgan fingerprint density at radius 2 is 2.46 bits per heavy atom. The molecule has 1 unspecified atom stereocenters. The molecule has 0 saturated heterocycles. The van der Waals surface area contributed by atoms with Crippen molar-refractivity contribution in [2.75, 3.05) is 0 Å². The standard InChI is InChI=1S/C8H17N5/c1-3-4-7(10-9)5-8-6-13(2)12-11-8/h6-7,10H,3-5,9H2,1-2H3. The molecule has 1 rings (SSSR count). The smallest absolute Gasteiger partial charge is 0.0843 e. The van der Waals surface area contributed by atoms with Crippen LogP contribution in [0.15, 0.2) is 6.20 Å². The Balaban J connectivity index is 2.46. The van der Waals surface area contributed by atoms with Crippen molar-refractivity contribution in [2.45, 2.75) is 32.2 Å². The van der Waals surface area contributed by atoms with Crippen LogP contribution in [-0.4, -0.2) is 21.0 Å². The molecule has 1 atom stereocenters. The monoisotopic (exact) mass is 183 g/mol. The molecule has 0 radical (unpaired) electrons. The van der Waals surface area contributed by atoms with E-state index in [0.29, 0.717) is 6.04 Å². The molecule has 0 bridgehead atoms. The van der Waals surface area contributed by atoms with E-state index in [-0.39, 0.29) is 0 Å². The summed E-state index contributed by atoms with van der Waals surface area (Å²) in [7, 11) is 1.86. The average molecular weight is 183 g/mol. The lowest BCUT2D eigenvalue weighted by atomic mass is 10.1. The first kappa shape index (κ1) is 10.1. The van der Waals surface area contributed by atoms with Gasteiger partial charge in [0, 0.05) is 25.7 Å². The molecular weight excluding hydrogens is 166 g/mol. The zero-order valence-electron chi connectivity index (χ0n) is 8.20. The summed E-state index contributed by atoms with van der Waals surface area (Å²) in [5.41, 5.74) is 3.77. The van der Waals surface area contributed by atoms with Gasteiger partial charge < -0.3 is 0 Å². The number of nitrogens with two attached hydrogens (primary N) is 1. The second-order valence-electron chi connectivity index (χ2n) is 3.24. The molecule has 5 heteroatoms. The Morgan fingerprint density at radius 3 is 2.92 bits per heavy atom. The quantitative estimate of drug-likeness (QED) is 0.497. The number of nitrogens with zero attached hydrogens (tertiary/aromatic N) is 3. The summed E-state index contributed by atoms with van der Waals surface area (Å²) in [5, 5.41) is 7.87. The first-order chi connectivity index (χ1) is 6.26. The number of aryl methyl sites for hydroxylation is 1. The minimum atomic E-state index is 0.307. The molecule has 0 aliphatic heterocycles. The number of hydrogen-bond donors (Lipinski definition) is 2. The number of hydrazine groups is 1. The van der Waals surface area contributed by atoms with E-state index in [1.807, 2.05) is 13.2 Å². The SMILES string of the molecule is CCCC(Cc1cn(C)nn1)NN. The van der Waals surface area contributed by atoms with Crippen LogP contribution in [-0.2, 0) is 13.5 Å². The summed E-state index contributed by atoms with van der Waals surface area (Å²) in [6.07, 6.45) is 4.94. The van der Waals surface area contributed by atoms with Crippen molar-refractivity contribution in [3.63, 3.8) is 0 Å². The number of rotatable bonds is 5. The van der Waals surface area contributed by atoms with Crippen molar-refractivity contribution in [1.29, 1.82) is 0 Å². The lowest BCUT2D eigenvalue weighted by Crippen LogP contribution is -2.36. The van der Waals surface area contributed by atoms with Crippen LogP contribution in [0.1, 0.15) is 25.5 Å². The third-order valence-electron chi connectivity index (χ3n) is 1.98. The van der Waals surface area contributed by atoms with Gasteiger partial charge in [0.25, 0.3) is 0 Å². The Labute approximate surface area is 78.3 Å². The first-order valence-corrected chi connectivity index (χ1v) is 4.57. The second kappa shape index (κ2) is 4.94. The number of aromatic nitrogens is 3. The Hall–Kier alpha value is -0.940. The summed E-state index contributed by atoms with van der Waals surface area (Å²) in [6, 6.07) is 0.307. The van der Waals surface area contributed by atoms with Crippen LogP contribution in [0.4, 0.5) is 0 Å². The number of nitrogens with one attached hydrogen (secondary N) is 1. The van der Waals surface area contributed by atoms with E-state index in [1.54, 1.807) is 4.68 Å². The van der Waals surface area contributed by atoms with Crippen LogP contribution < -0.4 is 11.3 Å². The molecule has 0 saturated carbocycles. The van der Waals surface area contributed by atoms with Crippen LogP contribution in [0.5, 0.6) is 0 Å². The third kappa shape index (κ3) is 3.12. The maximum Gasteiger partial charge on any atom is 0.0843 e. The maximum atomic E-state index is 5.41. The predicted octanol–water partition coefficient (Wildman–Crippen LogP) is -0.0104. The van der Waals surface area contributed by atoms with Gasteiger partial charge in [-0.05, 0) is 6.42 Å². The van der Waals surface area contributed by atoms with Gasteiger partial charge in [0.05, 0.1) is 5.69 Å². The number of hydrogen-bond acceptors (Lipinski definition) is 4. The summed E-state index contributed by atoms with van der Waals surface area (Å²) in [5.74, 6) is 5.41. The summed E-state index contributed by atoms with van der Waals surface area (Å²) in [4.78, 5) is 0. The predicted molar refractivity (Wildman–Crippen MR) is 50.7 cm³/mol. The molecule has 74 valence electrons.